The van der Waals surface area contributed by atoms with Gasteiger partial charge in [-0.25, -0.2) is 4.39 Å². The Labute approximate surface area is 154 Å². The van der Waals surface area contributed by atoms with E-state index in [-0.39, 0.29) is 5.91 Å². The average molecular weight is 351 g/mol. The number of likely N-dealkylation sites (N-methyl/N-ethyl adjacent to an activating group) is 1. The van der Waals surface area contributed by atoms with Gasteiger partial charge in [0.05, 0.1) is 0 Å². The number of halogens is 1. The second-order valence-corrected chi connectivity index (χ2v) is 6.98. The van der Waals surface area contributed by atoms with Crippen molar-refractivity contribution in [1.82, 2.24) is 4.90 Å². The fourth-order valence-electron chi connectivity index (χ4n) is 3.27. The third-order valence-corrected chi connectivity index (χ3v) is 5.07. The van der Waals surface area contributed by atoms with Gasteiger partial charge in [0, 0.05) is 27.0 Å². The summed E-state index contributed by atoms with van der Waals surface area (Å²) in [6.45, 7) is 3.85. The lowest BCUT2D eigenvalue weighted by Crippen LogP contribution is -2.43. The number of allylic oxidation sites excluding steroid dienone is 1. The molecule has 1 amide bonds. The molecule has 0 N–H and O–H groups in total. The van der Waals surface area contributed by atoms with Crippen LogP contribution in [0.4, 0.5) is 4.39 Å². The van der Waals surface area contributed by atoms with Gasteiger partial charge in [-0.15, -0.1) is 0 Å². The number of benzene rings is 2. The molecule has 134 valence electrons. The van der Waals surface area contributed by atoms with Crippen LogP contribution in [0, 0.1) is 0 Å². The highest BCUT2D eigenvalue weighted by molar-refractivity contribution is 5.85. The Bertz CT molecular complexity index is 828. The van der Waals surface area contributed by atoms with Crippen molar-refractivity contribution in [3.8, 4) is 0 Å². The van der Waals surface area contributed by atoms with E-state index in [2.05, 4.69) is 0 Å². The molecular formula is C22H24FN2O+. The number of nitrogens with zero attached hydrogens (tertiary/aromatic N) is 2. The molecule has 0 unspecified atom stereocenters. The molecule has 0 aliphatic carbocycles. The van der Waals surface area contributed by atoms with Crippen LogP contribution >= 0.6 is 0 Å². The van der Waals surface area contributed by atoms with Gasteiger partial charge in [0.2, 0.25) is 5.66 Å². The van der Waals surface area contributed by atoms with Gasteiger partial charge < -0.3 is 0 Å². The number of carbonyl (C=O) groups is 1. The molecule has 1 saturated heterocycles. The SMILES string of the molecule is CN1C(=O)[C@H]([C@@H](F)c2ccccc2)/[N+](=C\C=C\c2ccccc2)C1(C)C. The third kappa shape index (κ3) is 3.32. The molecular weight excluding hydrogens is 327 g/mol. The van der Waals surface area contributed by atoms with E-state index in [1.807, 2.05) is 73.2 Å². The van der Waals surface area contributed by atoms with Crippen molar-refractivity contribution in [2.45, 2.75) is 31.7 Å². The van der Waals surface area contributed by atoms with Crippen LogP contribution < -0.4 is 0 Å². The summed E-state index contributed by atoms with van der Waals surface area (Å²) in [5, 5.41) is 0. The van der Waals surface area contributed by atoms with E-state index >= 15 is 4.39 Å². The summed E-state index contributed by atoms with van der Waals surface area (Å²) in [7, 11) is 1.72. The number of hydrogen-bond acceptors (Lipinski definition) is 1. The molecule has 1 aliphatic rings. The molecule has 4 heteroatoms. The minimum atomic E-state index is -1.39. The first-order valence-electron chi connectivity index (χ1n) is 8.74. The zero-order valence-electron chi connectivity index (χ0n) is 15.3. The molecule has 3 rings (SSSR count). The average Bonchev–Trinajstić information content (AvgIpc) is 2.83. The summed E-state index contributed by atoms with van der Waals surface area (Å²) < 4.78 is 17.1. The molecule has 0 saturated carbocycles. The van der Waals surface area contributed by atoms with Crippen molar-refractivity contribution >= 4 is 18.2 Å². The smallest absolute Gasteiger partial charge is 0.280 e. The molecule has 2 aromatic carbocycles. The van der Waals surface area contributed by atoms with E-state index in [0.717, 1.165) is 5.56 Å². The summed E-state index contributed by atoms with van der Waals surface area (Å²) in [5.74, 6) is -0.212. The van der Waals surface area contributed by atoms with Crippen LogP contribution in [-0.2, 0) is 4.79 Å². The first kappa shape index (κ1) is 18.1. The van der Waals surface area contributed by atoms with E-state index < -0.39 is 17.9 Å². The normalized spacial score (nSPS) is 22.3. The fourth-order valence-corrected chi connectivity index (χ4v) is 3.27. The number of rotatable bonds is 4. The monoisotopic (exact) mass is 351 g/mol. The maximum absolute atomic E-state index is 15.3. The first-order valence-corrected chi connectivity index (χ1v) is 8.74. The Morgan fingerprint density at radius 1 is 1.08 bits per heavy atom. The van der Waals surface area contributed by atoms with Crippen LogP contribution in [0.15, 0.2) is 66.7 Å². The van der Waals surface area contributed by atoms with Gasteiger partial charge >= 0.3 is 0 Å². The highest BCUT2D eigenvalue weighted by Gasteiger charge is 2.57. The third-order valence-electron chi connectivity index (χ3n) is 5.07. The van der Waals surface area contributed by atoms with Gasteiger partial charge in [-0.05, 0) is 17.2 Å². The maximum Gasteiger partial charge on any atom is 0.299 e. The Hall–Kier alpha value is -2.75. The topological polar surface area (TPSA) is 23.3 Å². The zero-order chi connectivity index (χ0) is 18.7. The second kappa shape index (κ2) is 7.24. The first-order chi connectivity index (χ1) is 12.4. The second-order valence-electron chi connectivity index (χ2n) is 6.98. The molecule has 2 aromatic rings. The van der Waals surface area contributed by atoms with Gasteiger partial charge in [-0.1, -0.05) is 60.7 Å². The molecule has 0 radical (unpaired) electrons. The molecule has 0 bridgehead atoms. The summed E-state index contributed by atoms with van der Waals surface area (Å²) in [6, 6.07) is 17.9. The van der Waals surface area contributed by atoms with Crippen LogP contribution in [0.2, 0.25) is 0 Å². The van der Waals surface area contributed by atoms with Crippen molar-refractivity contribution in [2.75, 3.05) is 7.05 Å². The van der Waals surface area contributed by atoms with Crippen LogP contribution in [-0.4, -0.2) is 40.3 Å². The highest BCUT2D eigenvalue weighted by atomic mass is 19.1. The number of hydrogen-bond donors (Lipinski definition) is 0. The lowest BCUT2D eigenvalue weighted by atomic mass is 10.0. The standard InChI is InChI=1S/C22H24FN2O/c1-22(2)24(3)21(26)20(19(23)18-14-8-5-9-15-18)25(22)16-10-13-17-11-6-4-7-12-17/h4-16,19-20H,1-3H3/q+1/b13-10+,25-16+/t19-,20-/m0/s1. The zero-order valence-corrected chi connectivity index (χ0v) is 15.3. The van der Waals surface area contributed by atoms with Gasteiger partial charge in [0.1, 0.15) is 0 Å². The van der Waals surface area contributed by atoms with Gasteiger partial charge in [-0.3, -0.25) is 9.69 Å². The summed E-state index contributed by atoms with van der Waals surface area (Å²) in [5.41, 5.74) is 0.960. The predicted octanol–water partition coefficient (Wildman–Crippen LogP) is 4.07. The Morgan fingerprint density at radius 2 is 1.65 bits per heavy atom. The molecule has 3 nitrogen and oxygen atoms in total. The maximum atomic E-state index is 15.3. The van der Waals surface area contributed by atoms with E-state index in [1.54, 1.807) is 36.2 Å². The summed E-state index contributed by atoms with van der Waals surface area (Å²) in [4.78, 5) is 14.4. The number of carbonyl (C=O) groups excluding carboxylic acids is 1. The van der Waals surface area contributed by atoms with E-state index in [9.17, 15) is 4.79 Å². The molecule has 0 aromatic heterocycles. The van der Waals surface area contributed by atoms with Crippen molar-refractivity contribution < 1.29 is 13.8 Å². The Morgan fingerprint density at radius 3 is 2.27 bits per heavy atom. The molecule has 1 aliphatic heterocycles. The van der Waals surface area contributed by atoms with E-state index in [4.69, 9.17) is 0 Å². The lowest BCUT2D eigenvalue weighted by molar-refractivity contribution is -0.622. The van der Waals surface area contributed by atoms with E-state index in [0.29, 0.717) is 5.56 Å². The van der Waals surface area contributed by atoms with Crippen LogP contribution in [0.1, 0.15) is 31.1 Å². The van der Waals surface area contributed by atoms with Crippen LogP contribution in [0.5, 0.6) is 0 Å². The predicted molar refractivity (Wildman–Crippen MR) is 103 cm³/mol. The summed E-state index contributed by atoms with van der Waals surface area (Å²) in [6.07, 6.45) is 4.24. The number of amides is 1. The minimum absolute atomic E-state index is 0.212. The minimum Gasteiger partial charge on any atom is -0.280 e. The largest absolute Gasteiger partial charge is 0.299 e. The lowest BCUT2D eigenvalue weighted by Gasteiger charge is -2.22. The number of alkyl halides is 1. The van der Waals surface area contributed by atoms with Crippen molar-refractivity contribution in [3.63, 3.8) is 0 Å². The Kier molecular flexibility index (Phi) is 5.03. The van der Waals surface area contributed by atoms with Crippen molar-refractivity contribution in [2.24, 2.45) is 0 Å². The molecule has 2 atom stereocenters. The van der Waals surface area contributed by atoms with E-state index in [1.165, 1.54) is 0 Å². The van der Waals surface area contributed by atoms with Crippen LogP contribution in [0.3, 0.4) is 0 Å². The van der Waals surface area contributed by atoms with Crippen molar-refractivity contribution in [1.29, 1.82) is 0 Å². The fraction of sp³-hybridized carbons (Fsp3) is 0.273. The van der Waals surface area contributed by atoms with Gasteiger partial charge in [0.15, 0.2) is 12.4 Å². The molecule has 1 fully saturated rings. The van der Waals surface area contributed by atoms with Gasteiger partial charge in [0.25, 0.3) is 11.9 Å². The van der Waals surface area contributed by atoms with Crippen LogP contribution in [0.25, 0.3) is 6.08 Å². The molecule has 1 heterocycles. The van der Waals surface area contributed by atoms with Gasteiger partial charge in [-0.2, -0.15) is 4.58 Å². The Balaban J connectivity index is 1.96. The highest BCUT2D eigenvalue weighted by Crippen LogP contribution is 2.34. The quantitative estimate of drug-likeness (QED) is 0.762. The summed E-state index contributed by atoms with van der Waals surface area (Å²) >= 11 is 0. The van der Waals surface area contributed by atoms with Crippen molar-refractivity contribution in [3.05, 3.63) is 77.9 Å². The molecule has 26 heavy (non-hydrogen) atoms. The molecule has 0 spiro atoms.